The molecule has 21 heavy (non-hydrogen) atoms. The second-order valence-electron chi connectivity index (χ2n) is 4.70. The van der Waals surface area contributed by atoms with Gasteiger partial charge in [-0.1, -0.05) is 37.7 Å². The van der Waals surface area contributed by atoms with E-state index in [-0.39, 0.29) is 4.99 Å². The zero-order valence-corrected chi connectivity index (χ0v) is 13.0. The monoisotopic (exact) mass is 304 g/mol. The Hall–Kier alpha value is -1.72. The van der Waals surface area contributed by atoms with Crippen LogP contribution < -0.4 is 10.5 Å². The molecule has 0 aliphatic heterocycles. The molecule has 0 radical (unpaired) electrons. The number of fused-ring (bicyclic) bond motifs is 1. The second kappa shape index (κ2) is 7.90. The van der Waals surface area contributed by atoms with Gasteiger partial charge in [0.1, 0.15) is 17.3 Å². The van der Waals surface area contributed by atoms with Crippen LogP contribution in [0.1, 0.15) is 25.3 Å². The minimum atomic E-state index is 0.287. The smallest absolute Gasteiger partial charge is 0.140 e. The Balaban J connectivity index is 2.12. The molecule has 2 N–H and O–H groups in total. The number of unbranched alkanes of at least 4 members (excludes halogenated alkanes) is 1. The number of ether oxygens (including phenoxy) is 2. The Morgan fingerprint density at radius 3 is 2.81 bits per heavy atom. The number of nitrogens with two attached hydrogens (primary N) is 1. The zero-order valence-electron chi connectivity index (χ0n) is 12.2. The summed E-state index contributed by atoms with van der Waals surface area (Å²) in [5, 5.41) is 0.913. The van der Waals surface area contributed by atoms with Gasteiger partial charge < -0.3 is 15.2 Å². The molecule has 2 rings (SSSR count). The molecule has 2 aromatic rings. The Bertz CT molecular complexity index is 616. The minimum Gasteiger partial charge on any atom is -0.490 e. The van der Waals surface area contributed by atoms with E-state index in [1.165, 1.54) is 0 Å². The van der Waals surface area contributed by atoms with Crippen molar-refractivity contribution in [1.29, 1.82) is 0 Å². The maximum absolute atomic E-state index is 5.86. The van der Waals surface area contributed by atoms with E-state index in [1.54, 1.807) is 6.20 Å². The fourth-order valence-electron chi connectivity index (χ4n) is 2.00. The Morgan fingerprint density at radius 2 is 2.05 bits per heavy atom. The van der Waals surface area contributed by atoms with Crippen molar-refractivity contribution in [2.75, 3.05) is 19.8 Å². The van der Waals surface area contributed by atoms with Gasteiger partial charge >= 0.3 is 0 Å². The molecule has 0 saturated heterocycles. The summed E-state index contributed by atoms with van der Waals surface area (Å²) >= 11 is 5.08. The van der Waals surface area contributed by atoms with Gasteiger partial charge in [0.05, 0.1) is 17.7 Å². The van der Waals surface area contributed by atoms with Crippen LogP contribution in [0.25, 0.3) is 10.9 Å². The summed E-state index contributed by atoms with van der Waals surface area (Å²) in [6.07, 6.45) is 3.86. The van der Waals surface area contributed by atoms with Crippen LogP contribution in [-0.2, 0) is 4.74 Å². The summed E-state index contributed by atoms with van der Waals surface area (Å²) in [4.78, 5) is 4.64. The molecule has 112 valence electrons. The van der Waals surface area contributed by atoms with E-state index < -0.39 is 0 Å². The van der Waals surface area contributed by atoms with Gasteiger partial charge in [-0.25, -0.2) is 0 Å². The van der Waals surface area contributed by atoms with Crippen LogP contribution in [0.4, 0.5) is 0 Å². The molecule has 0 unspecified atom stereocenters. The molecule has 1 aromatic carbocycles. The Labute approximate surface area is 130 Å². The number of rotatable bonds is 8. The van der Waals surface area contributed by atoms with Crippen LogP contribution in [0.3, 0.4) is 0 Å². The number of para-hydroxylation sites is 1. The average Bonchev–Trinajstić information content (AvgIpc) is 2.50. The van der Waals surface area contributed by atoms with Crippen molar-refractivity contribution < 1.29 is 9.47 Å². The topological polar surface area (TPSA) is 57.4 Å². The first-order valence-corrected chi connectivity index (χ1v) is 7.53. The van der Waals surface area contributed by atoms with E-state index in [0.717, 1.165) is 30.4 Å². The standard InChI is InChI=1S/C16H20N2O2S/c1-2-3-8-19-9-10-20-15-12-6-4-5-7-14(12)18-11-13(15)16(17)21/h4-7,11H,2-3,8-10H2,1H3,(H2,17,21). The Kier molecular flexibility index (Phi) is 5.90. The number of benzene rings is 1. The van der Waals surface area contributed by atoms with E-state index in [2.05, 4.69) is 11.9 Å². The van der Waals surface area contributed by atoms with Crippen molar-refractivity contribution in [2.24, 2.45) is 5.73 Å². The molecule has 1 heterocycles. The summed E-state index contributed by atoms with van der Waals surface area (Å²) in [6.45, 7) is 3.91. The normalized spacial score (nSPS) is 10.7. The first kappa shape index (κ1) is 15.7. The SMILES string of the molecule is CCCCOCCOc1c(C(N)=S)cnc2ccccc12. The molecule has 0 fully saturated rings. The van der Waals surface area contributed by atoms with Crippen molar-refractivity contribution >= 4 is 28.1 Å². The molecule has 0 aliphatic carbocycles. The van der Waals surface area contributed by atoms with E-state index in [0.29, 0.717) is 24.5 Å². The summed E-state index contributed by atoms with van der Waals surface area (Å²) in [6, 6.07) is 7.77. The highest BCUT2D eigenvalue weighted by Crippen LogP contribution is 2.28. The summed E-state index contributed by atoms with van der Waals surface area (Å²) in [5.41, 5.74) is 7.28. The molecule has 0 aliphatic rings. The number of hydrogen-bond acceptors (Lipinski definition) is 4. The van der Waals surface area contributed by atoms with Gasteiger partial charge in [0.15, 0.2) is 0 Å². The van der Waals surface area contributed by atoms with Gasteiger partial charge in [-0.15, -0.1) is 0 Å². The summed E-state index contributed by atoms with van der Waals surface area (Å²) < 4.78 is 11.4. The Morgan fingerprint density at radius 1 is 1.24 bits per heavy atom. The lowest BCUT2D eigenvalue weighted by Crippen LogP contribution is -2.15. The molecule has 0 atom stereocenters. The number of aromatic nitrogens is 1. The van der Waals surface area contributed by atoms with Crippen molar-refractivity contribution in [2.45, 2.75) is 19.8 Å². The number of thiocarbonyl (C=S) groups is 1. The van der Waals surface area contributed by atoms with Gasteiger partial charge in [-0.2, -0.15) is 0 Å². The lowest BCUT2D eigenvalue weighted by atomic mass is 10.1. The van der Waals surface area contributed by atoms with Crippen LogP contribution in [0, 0.1) is 0 Å². The largest absolute Gasteiger partial charge is 0.490 e. The van der Waals surface area contributed by atoms with Crippen LogP contribution in [0.5, 0.6) is 5.75 Å². The highest BCUT2D eigenvalue weighted by Gasteiger charge is 2.12. The molecule has 0 bridgehead atoms. The molecule has 0 amide bonds. The number of pyridine rings is 1. The molecular weight excluding hydrogens is 284 g/mol. The van der Waals surface area contributed by atoms with Gasteiger partial charge in [-0.3, -0.25) is 4.98 Å². The van der Waals surface area contributed by atoms with Crippen molar-refractivity contribution in [3.8, 4) is 5.75 Å². The quantitative estimate of drug-likeness (QED) is 0.600. The zero-order chi connectivity index (χ0) is 15.1. The lowest BCUT2D eigenvalue weighted by molar-refractivity contribution is 0.0985. The third-order valence-corrected chi connectivity index (χ3v) is 3.33. The molecule has 0 saturated carbocycles. The van der Waals surface area contributed by atoms with Gasteiger partial charge in [0.2, 0.25) is 0 Å². The van der Waals surface area contributed by atoms with E-state index >= 15 is 0 Å². The van der Waals surface area contributed by atoms with E-state index in [9.17, 15) is 0 Å². The number of nitrogens with zero attached hydrogens (tertiary/aromatic N) is 1. The van der Waals surface area contributed by atoms with Crippen LogP contribution in [0.15, 0.2) is 30.5 Å². The van der Waals surface area contributed by atoms with E-state index in [4.69, 9.17) is 27.4 Å². The number of hydrogen-bond donors (Lipinski definition) is 1. The maximum atomic E-state index is 5.86. The fraction of sp³-hybridized carbons (Fsp3) is 0.375. The first-order valence-electron chi connectivity index (χ1n) is 7.12. The molecule has 0 spiro atoms. The van der Waals surface area contributed by atoms with Crippen molar-refractivity contribution in [1.82, 2.24) is 4.98 Å². The highest BCUT2D eigenvalue weighted by atomic mass is 32.1. The second-order valence-corrected chi connectivity index (χ2v) is 5.14. The first-order chi connectivity index (χ1) is 10.2. The molecular formula is C16H20N2O2S. The van der Waals surface area contributed by atoms with Crippen LogP contribution in [-0.4, -0.2) is 29.8 Å². The van der Waals surface area contributed by atoms with E-state index in [1.807, 2.05) is 24.3 Å². The maximum Gasteiger partial charge on any atom is 0.140 e. The van der Waals surface area contributed by atoms with Crippen LogP contribution >= 0.6 is 12.2 Å². The van der Waals surface area contributed by atoms with Crippen molar-refractivity contribution in [3.63, 3.8) is 0 Å². The third kappa shape index (κ3) is 4.12. The predicted octanol–water partition coefficient (Wildman–Crippen LogP) is 3.06. The summed E-state index contributed by atoms with van der Waals surface area (Å²) in [5.74, 6) is 0.687. The predicted molar refractivity (Wildman–Crippen MR) is 88.9 cm³/mol. The third-order valence-electron chi connectivity index (χ3n) is 3.11. The minimum absolute atomic E-state index is 0.287. The fourth-order valence-corrected chi connectivity index (χ4v) is 2.14. The van der Waals surface area contributed by atoms with Gasteiger partial charge in [0, 0.05) is 18.2 Å². The highest BCUT2D eigenvalue weighted by molar-refractivity contribution is 7.80. The van der Waals surface area contributed by atoms with Crippen molar-refractivity contribution in [3.05, 3.63) is 36.0 Å². The summed E-state index contributed by atoms with van der Waals surface area (Å²) in [7, 11) is 0. The molecule has 5 heteroatoms. The molecule has 1 aromatic heterocycles. The average molecular weight is 304 g/mol. The van der Waals surface area contributed by atoms with Crippen LogP contribution in [0.2, 0.25) is 0 Å². The molecule has 4 nitrogen and oxygen atoms in total. The van der Waals surface area contributed by atoms with Gasteiger partial charge in [0.25, 0.3) is 0 Å². The lowest BCUT2D eigenvalue weighted by Gasteiger charge is -2.13. The van der Waals surface area contributed by atoms with Gasteiger partial charge in [-0.05, 0) is 18.6 Å².